The van der Waals surface area contributed by atoms with E-state index in [2.05, 4.69) is 15.9 Å². The Hall–Kier alpha value is -0.530. The molecule has 1 rings (SSSR count). The molecule has 0 unspecified atom stereocenters. The number of hydrogen-bond donors (Lipinski definition) is 1. The van der Waals surface area contributed by atoms with E-state index < -0.39 is 20.6 Å². The van der Waals surface area contributed by atoms with Crippen LogP contribution in [-0.4, -0.2) is 35.7 Å². The Balaban J connectivity index is 2.73. The highest BCUT2D eigenvalue weighted by molar-refractivity contribution is 9.10. The lowest BCUT2D eigenvalue weighted by Gasteiger charge is -2.18. The van der Waals surface area contributed by atoms with Gasteiger partial charge in [0.1, 0.15) is 0 Å². The zero-order valence-corrected chi connectivity index (χ0v) is 14.7. The lowest BCUT2D eigenvalue weighted by atomic mass is 10.2. The summed E-state index contributed by atoms with van der Waals surface area (Å²) in [7, 11) is -3.15. The quantitative estimate of drug-likeness (QED) is 0.791. The van der Waals surface area contributed by atoms with Gasteiger partial charge in [-0.3, -0.25) is 0 Å². The van der Waals surface area contributed by atoms with E-state index in [-0.39, 0.29) is 11.3 Å². The van der Waals surface area contributed by atoms with Gasteiger partial charge in [0.15, 0.2) is 9.84 Å². The van der Waals surface area contributed by atoms with Crippen LogP contribution in [0, 0.1) is 0 Å². The highest BCUT2D eigenvalue weighted by Crippen LogP contribution is 2.26. The van der Waals surface area contributed by atoms with E-state index in [0.717, 1.165) is 4.90 Å². The second-order valence-electron chi connectivity index (χ2n) is 5.23. The van der Waals surface area contributed by atoms with Crippen LogP contribution in [0.1, 0.15) is 31.1 Å². The van der Waals surface area contributed by atoms with Gasteiger partial charge >= 0.3 is 5.97 Å². The van der Waals surface area contributed by atoms with E-state index in [9.17, 15) is 13.2 Å². The van der Waals surface area contributed by atoms with Crippen molar-refractivity contribution in [3.05, 3.63) is 28.2 Å². The Morgan fingerprint density at radius 3 is 2.45 bits per heavy atom. The smallest absolute Gasteiger partial charge is 0.336 e. The summed E-state index contributed by atoms with van der Waals surface area (Å²) >= 11 is 4.51. The van der Waals surface area contributed by atoms with Crippen molar-refractivity contribution in [2.24, 2.45) is 0 Å². The topological polar surface area (TPSA) is 71.4 Å². The maximum absolute atomic E-state index is 12.0. The summed E-state index contributed by atoms with van der Waals surface area (Å²) in [4.78, 5) is 11.7. The minimum absolute atomic E-state index is 0.0691. The summed E-state index contributed by atoms with van der Waals surface area (Å²) in [6, 6.07) is 4.97. The number of carboxylic acid groups (broad SMARTS) is 1. The third kappa shape index (κ3) is 4.49. The SMILES string of the molecule is CC(C)(C)S(=O)(=O)CCSc1ccc(Br)c(C(=O)O)c1. The molecule has 0 radical (unpaired) electrons. The van der Waals surface area contributed by atoms with E-state index in [1.54, 1.807) is 39.0 Å². The Bertz CT molecular complexity index is 603. The van der Waals surface area contributed by atoms with Crippen molar-refractivity contribution in [3.63, 3.8) is 0 Å². The zero-order chi connectivity index (χ0) is 15.6. The molecule has 0 amide bonds. The van der Waals surface area contributed by atoms with Crippen molar-refractivity contribution in [1.82, 2.24) is 0 Å². The highest BCUT2D eigenvalue weighted by Gasteiger charge is 2.28. The Kier molecular flexibility index (Phi) is 5.69. The lowest BCUT2D eigenvalue weighted by molar-refractivity contribution is 0.0695. The fourth-order valence-corrected chi connectivity index (χ4v) is 4.17. The van der Waals surface area contributed by atoms with Crippen molar-refractivity contribution < 1.29 is 18.3 Å². The van der Waals surface area contributed by atoms with Gasteiger partial charge in [-0.05, 0) is 54.9 Å². The third-order valence-corrected chi connectivity index (χ3v) is 7.28. The number of carboxylic acids is 1. The molecule has 1 aromatic rings. The summed E-state index contributed by atoms with van der Waals surface area (Å²) in [5.74, 6) is -0.540. The largest absolute Gasteiger partial charge is 0.478 e. The molecule has 4 nitrogen and oxygen atoms in total. The molecule has 0 bridgehead atoms. The van der Waals surface area contributed by atoms with E-state index in [0.29, 0.717) is 10.2 Å². The number of thioether (sulfide) groups is 1. The van der Waals surface area contributed by atoms with Crippen LogP contribution in [0.5, 0.6) is 0 Å². The fourth-order valence-electron chi connectivity index (χ4n) is 1.33. The third-order valence-electron chi connectivity index (χ3n) is 2.72. The minimum Gasteiger partial charge on any atom is -0.478 e. The van der Waals surface area contributed by atoms with E-state index in [4.69, 9.17) is 5.11 Å². The molecule has 0 atom stereocenters. The van der Waals surface area contributed by atoms with Gasteiger partial charge in [-0.25, -0.2) is 13.2 Å². The van der Waals surface area contributed by atoms with Crippen LogP contribution in [0.15, 0.2) is 27.6 Å². The molecule has 1 aromatic carbocycles. The highest BCUT2D eigenvalue weighted by atomic mass is 79.9. The van der Waals surface area contributed by atoms with Gasteiger partial charge in [0.2, 0.25) is 0 Å². The molecule has 7 heteroatoms. The van der Waals surface area contributed by atoms with E-state index in [1.807, 2.05) is 0 Å². The summed E-state index contributed by atoms with van der Waals surface area (Å²) in [6.07, 6.45) is 0. The molecule has 0 aliphatic heterocycles. The van der Waals surface area contributed by atoms with Crippen molar-refractivity contribution in [1.29, 1.82) is 0 Å². The fraction of sp³-hybridized carbons (Fsp3) is 0.462. The number of halogens is 1. The van der Waals surface area contributed by atoms with Crippen LogP contribution in [0.3, 0.4) is 0 Å². The maximum atomic E-state index is 12.0. The molecule has 0 saturated heterocycles. The molecule has 112 valence electrons. The number of rotatable bonds is 5. The molecule has 0 fully saturated rings. The average molecular weight is 381 g/mol. The molecular weight excluding hydrogens is 364 g/mol. The summed E-state index contributed by atoms with van der Waals surface area (Å²) in [5.41, 5.74) is 0.175. The molecule has 0 aliphatic carbocycles. The average Bonchev–Trinajstić information content (AvgIpc) is 2.29. The van der Waals surface area contributed by atoms with E-state index in [1.165, 1.54) is 11.8 Å². The summed E-state index contributed by atoms with van der Waals surface area (Å²) in [6.45, 7) is 5.03. The first-order valence-corrected chi connectivity index (χ1v) is 9.35. The van der Waals surface area contributed by atoms with Gasteiger partial charge < -0.3 is 5.11 Å². The number of sulfone groups is 1. The van der Waals surface area contributed by atoms with Gasteiger partial charge in [0, 0.05) is 15.1 Å². The number of benzene rings is 1. The van der Waals surface area contributed by atoms with Gasteiger partial charge in [-0.2, -0.15) is 0 Å². The van der Waals surface area contributed by atoms with Gasteiger partial charge in [-0.1, -0.05) is 0 Å². The molecule has 1 N–H and O–H groups in total. The Morgan fingerprint density at radius 1 is 1.35 bits per heavy atom. The molecule has 0 spiro atoms. The first-order chi connectivity index (χ1) is 9.04. The second kappa shape index (κ2) is 6.49. The monoisotopic (exact) mass is 380 g/mol. The van der Waals surface area contributed by atoms with Crippen molar-refractivity contribution in [2.75, 3.05) is 11.5 Å². The molecular formula is C13H17BrO4S2. The van der Waals surface area contributed by atoms with Crippen molar-refractivity contribution in [3.8, 4) is 0 Å². The molecule has 0 aromatic heterocycles. The normalized spacial score (nSPS) is 12.4. The lowest BCUT2D eigenvalue weighted by Crippen LogP contribution is -2.31. The Labute approximate surface area is 132 Å². The predicted octanol–water partition coefficient (Wildman–Crippen LogP) is 3.45. The molecule has 0 heterocycles. The Morgan fingerprint density at radius 2 is 1.95 bits per heavy atom. The summed E-state index contributed by atoms with van der Waals surface area (Å²) < 4.78 is 23.7. The van der Waals surface area contributed by atoms with Crippen LogP contribution >= 0.6 is 27.7 Å². The van der Waals surface area contributed by atoms with Gasteiger partial charge in [0.25, 0.3) is 0 Å². The first kappa shape index (κ1) is 17.5. The van der Waals surface area contributed by atoms with Crippen LogP contribution in [0.4, 0.5) is 0 Å². The van der Waals surface area contributed by atoms with E-state index >= 15 is 0 Å². The van der Waals surface area contributed by atoms with Crippen LogP contribution in [0.25, 0.3) is 0 Å². The van der Waals surface area contributed by atoms with Crippen molar-refractivity contribution >= 4 is 43.5 Å². The van der Waals surface area contributed by atoms with Gasteiger partial charge in [0.05, 0.1) is 16.1 Å². The number of hydrogen-bond acceptors (Lipinski definition) is 4. The minimum atomic E-state index is -3.15. The summed E-state index contributed by atoms with van der Waals surface area (Å²) in [5, 5.41) is 9.02. The molecule has 0 saturated carbocycles. The van der Waals surface area contributed by atoms with Crippen LogP contribution in [0.2, 0.25) is 0 Å². The van der Waals surface area contributed by atoms with Crippen molar-refractivity contribution in [2.45, 2.75) is 30.4 Å². The number of aromatic carboxylic acids is 1. The molecule has 20 heavy (non-hydrogen) atoms. The standard InChI is InChI=1S/C13H17BrO4S2/c1-13(2,3)20(17,18)7-6-19-9-4-5-11(14)10(8-9)12(15)16/h4-5,8H,6-7H2,1-3H3,(H,15,16). The molecule has 0 aliphatic rings. The maximum Gasteiger partial charge on any atom is 0.336 e. The zero-order valence-electron chi connectivity index (χ0n) is 11.5. The van der Waals surface area contributed by atoms with Crippen LogP contribution in [-0.2, 0) is 9.84 Å². The second-order valence-corrected chi connectivity index (χ2v) is 10.1. The van der Waals surface area contributed by atoms with Crippen LogP contribution < -0.4 is 0 Å². The predicted molar refractivity (Wildman–Crippen MR) is 85.4 cm³/mol. The van der Waals surface area contributed by atoms with Gasteiger partial charge in [-0.15, -0.1) is 11.8 Å². The first-order valence-electron chi connectivity index (χ1n) is 5.92. The number of carbonyl (C=O) groups is 1.